The molecule has 5 nitrogen and oxygen atoms in total. The van der Waals surface area contributed by atoms with Gasteiger partial charge >= 0.3 is 12.6 Å². The van der Waals surface area contributed by atoms with Crippen LogP contribution in [0.2, 0.25) is 5.02 Å². The summed E-state index contributed by atoms with van der Waals surface area (Å²) in [5, 5.41) is 8.98. The number of alkyl halides is 2. The van der Waals surface area contributed by atoms with Crippen molar-refractivity contribution in [2.24, 2.45) is 0 Å². The second-order valence-electron chi connectivity index (χ2n) is 6.15. The highest BCUT2D eigenvalue weighted by molar-refractivity contribution is 6.31. The first-order valence-electron chi connectivity index (χ1n) is 7.98. The van der Waals surface area contributed by atoms with Crippen LogP contribution in [0.4, 0.5) is 13.2 Å². The summed E-state index contributed by atoms with van der Waals surface area (Å²) in [4.78, 5) is 25.2. The van der Waals surface area contributed by atoms with Gasteiger partial charge in [0.05, 0.1) is 10.6 Å². The summed E-state index contributed by atoms with van der Waals surface area (Å²) in [6.07, 6.45) is 2.55. The molecule has 1 amide bonds. The first kappa shape index (κ1) is 18.6. The van der Waals surface area contributed by atoms with Crippen LogP contribution in [0.15, 0.2) is 18.2 Å². The van der Waals surface area contributed by atoms with Crippen LogP contribution in [-0.4, -0.2) is 40.6 Å². The maximum absolute atomic E-state index is 14.5. The second-order valence-corrected chi connectivity index (χ2v) is 6.56. The summed E-state index contributed by atoms with van der Waals surface area (Å²) in [5.74, 6) is -3.07. The Hall–Kier alpha value is -2.22. The molecule has 0 radical (unpaired) electrons. The quantitative estimate of drug-likeness (QED) is 0.852. The monoisotopic (exact) mass is 389 g/mol. The van der Waals surface area contributed by atoms with Gasteiger partial charge in [-0.05, 0) is 43.4 Å². The van der Waals surface area contributed by atoms with Crippen LogP contribution in [0.1, 0.15) is 31.2 Å². The van der Waals surface area contributed by atoms with Crippen molar-refractivity contribution in [3.05, 3.63) is 34.6 Å². The largest absolute Gasteiger partial charge is 0.480 e. The molecule has 1 fully saturated rings. The lowest BCUT2D eigenvalue weighted by molar-refractivity contribution is -0.147. The van der Waals surface area contributed by atoms with E-state index in [1.165, 1.54) is 4.90 Å². The smallest absolute Gasteiger partial charge is 0.387 e. The highest BCUT2D eigenvalue weighted by Gasteiger charge is 2.41. The number of amides is 1. The van der Waals surface area contributed by atoms with Gasteiger partial charge in [0.15, 0.2) is 5.82 Å². The summed E-state index contributed by atoms with van der Waals surface area (Å²) in [6.45, 7) is -3.17. The van der Waals surface area contributed by atoms with Crippen molar-refractivity contribution in [1.29, 1.82) is 0 Å². The van der Waals surface area contributed by atoms with E-state index in [2.05, 4.69) is 4.74 Å². The summed E-state index contributed by atoms with van der Waals surface area (Å²) in [6, 6.07) is 0.975. The summed E-state index contributed by atoms with van der Waals surface area (Å²) in [7, 11) is 0. The third-order valence-electron chi connectivity index (χ3n) is 4.68. The summed E-state index contributed by atoms with van der Waals surface area (Å²) in [5.41, 5.74) is -0.136. The molecule has 0 saturated carbocycles. The van der Waals surface area contributed by atoms with Gasteiger partial charge in [0.25, 0.3) is 0 Å². The molecule has 1 unspecified atom stereocenters. The third kappa shape index (κ3) is 3.38. The SMILES string of the molecule is O=C(O)[C@@H]1CCC2CCC(c3c(OC(F)F)ccc(Cl)c3F)=CC(=O)N21. The van der Waals surface area contributed by atoms with Gasteiger partial charge in [-0.2, -0.15) is 8.78 Å². The van der Waals surface area contributed by atoms with E-state index in [-0.39, 0.29) is 28.6 Å². The Balaban J connectivity index is 2.03. The van der Waals surface area contributed by atoms with Gasteiger partial charge in [-0.1, -0.05) is 11.6 Å². The fourth-order valence-corrected chi connectivity index (χ4v) is 3.74. The first-order chi connectivity index (χ1) is 12.3. The number of rotatable bonds is 4. The van der Waals surface area contributed by atoms with Crippen LogP contribution < -0.4 is 4.74 Å². The molecule has 2 heterocycles. The van der Waals surface area contributed by atoms with Gasteiger partial charge in [-0.25, -0.2) is 9.18 Å². The van der Waals surface area contributed by atoms with Crippen molar-refractivity contribution in [2.75, 3.05) is 0 Å². The number of nitrogens with zero attached hydrogens (tertiary/aromatic N) is 1. The minimum Gasteiger partial charge on any atom is -0.480 e. The topological polar surface area (TPSA) is 66.8 Å². The lowest BCUT2D eigenvalue weighted by Crippen LogP contribution is -2.43. The number of carbonyl (C=O) groups excluding carboxylic acids is 1. The fourth-order valence-electron chi connectivity index (χ4n) is 3.58. The lowest BCUT2D eigenvalue weighted by atomic mass is 9.97. The van der Waals surface area contributed by atoms with Crippen LogP contribution in [0.25, 0.3) is 5.57 Å². The van der Waals surface area contributed by atoms with Crippen molar-refractivity contribution in [3.63, 3.8) is 0 Å². The molecule has 1 aromatic rings. The molecule has 26 heavy (non-hydrogen) atoms. The number of allylic oxidation sites excluding steroid dienone is 1. The van der Waals surface area contributed by atoms with Gasteiger partial charge in [0.1, 0.15) is 11.8 Å². The Kier molecular flexibility index (Phi) is 5.13. The molecule has 0 aliphatic carbocycles. The highest BCUT2D eigenvalue weighted by Crippen LogP contribution is 2.40. The third-order valence-corrected chi connectivity index (χ3v) is 4.97. The van der Waals surface area contributed by atoms with Crippen molar-refractivity contribution in [1.82, 2.24) is 4.90 Å². The summed E-state index contributed by atoms with van der Waals surface area (Å²) < 4.78 is 44.2. The number of carbonyl (C=O) groups is 2. The lowest BCUT2D eigenvalue weighted by Gasteiger charge is -2.25. The molecular formula is C17H15ClF3NO4. The van der Waals surface area contributed by atoms with Crippen LogP contribution in [0.3, 0.4) is 0 Å². The molecule has 2 aliphatic heterocycles. The molecule has 1 N–H and O–H groups in total. The number of halogens is 4. The van der Waals surface area contributed by atoms with E-state index < -0.39 is 36.1 Å². The van der Waals surface area contributed by atoms with Gasteiger partial charge in [0.2, 0.25) is 5.91 Å². The molecule has 2 aliphatic rings. The average molecular weight is 390 g/mol. The molecule has 2 atom stereocenters. The maximum Gasteiger partial charge on any atom is 0.387 e. The number of aliphatic carboxylic acids is 1. The van der Waals surface area contributed by atoms with Crippen molar-refractivity contribution < 1.29 is 32.6 Å². The van der Waals surface area contributed by atoms with Crippen molar-refractivity contribution in [3.8, 4) is 5.75 Å². The van der Waals surface area contributed by atoms with Gasteiger partial charge in [-0.3, -0.25) is 4.79 Å². The number of hydrogen-bond donors (Lipinski definition) is 1. The minimum atomic E-state index is -3.17. The number of carboxylic acid groups (broad SMARTS) is 1. The van der Waals surface area contributed by atoms with Gasteiger partial charge in [-0.15, -0.1) is 0 Å². The second kappa shape index (κ2) is 7.19. The van der Waals surface area contributed by atoms with E-state index in [1.54, 1.807) is 0 Å². The Morgan fingerprint density at radius 1 is 1.31 bits per heavy atom. The molecule has 140 valence electrons. The number of benzene rings is 1. The molecule has 3 rings (SSSR count). The van der Waals surface area contributed by atoms with Crippen LogP contribution in [-0.2, 0) is 9.59 Å². The predicted octanol–water partition coefficient (Wildman–Crippen LogP) is 3.70. The minimum absolute atomic E-state index is 0.157. The van der Waals surface area contributed by atoms with Crippen molar-refractivity contribution in [2.45, 2.75) is 44.4 Å². The van der Waals surface area contributed by atoms with Gasteiger partial charge < -0.3 is 14.7 Å². The van der Waals surface area contributed by atoms with E-state index in [9.17, 15) is 27.9 Å². The Labute approximate surface area is 152 Å². The van der Waals surface area contributed by atoms with Crippen LogP contribution in [0, 0.1) is 5.82 Å². The predicted molar refractivity (Wildman–Crippen MR) is 86.5 cm³/mol. The van der Waals surface area contributed by atoms with E-state index in [1.807, 2.05) is 0 Å². The van der Waals surface area contributed by atoms with E-state index in [0.29, 0.717) is 19.3 Å². The zero-order valence-corrected chi connectivity index (χ0v) is 14.2. The molecule has 0 bridgehead atoms. The van der Waals surface area contributed by atoms with E-state index in [0.717, 1.165) is 18.2 Å². The molecule has 0 aromatic heterocycles. The normalized spacial score (nSPS) is 22.9. The van der Waals surface area contributed by atoms with Crippen LogP contribution in [0.5, 0.6) is 5.75 Å². The number of ether oxygens (including phenoxy) is 1. The zero-order valence-electron chi connectivity index (χ0n) is 13.4. The summed E-state index contributed by atoms with van der Waals surface area (Å²) >= 11 is 5.76. The Morgan fingerprint density at radius 2 is 2.04 bits per heavy atom. The standard InChI is InChI=1S/C17H15ClF3NO4/c18-10-4-6-12(26-17(20)21)14(15(10)19)8-1-2-9-3-5-11(16(24)25)22(9)13(23)7-8/h4,6-7,9,11,17H,1-3,5H2,(H,24,25)/t9?,11-/m0/s1. The highest BCUT2D eigenvalue weighted by atomic mass is 35.5. The Morgan fingerprint density at radius 3 is 2.69 bits per heavy atom. The van der Waals surface area contributed by atoms with E-state index >= 15 is 0 Å². The van der Waals surface area contributed by atoms with E-state index in [4.69, 9.17) is 11.6 Å². The molecular weight excluding hydrogens is 375 g/mol. The molecule has 0 spiro atoms. The Bertz CT molecular complexity index is 784. The number of fused-ring (bicyclic) bond motifs is 1. The zero-order chi connectivity index (χ0) is 19.0. The molecule has 9 heteroatoms. The first-order valence-corrected chi connectivity index (χ1v) is 8.36. The average Bonchev–Trinajstić information content (AvgIpc) is 2.93. The van der Waals surface area contributed by atoms with Crippen LogP contribution >= 0.6 is 11.6 Å². The number of carboxylic acids is 1. The number of hydrogen-bond acceptors (Lipinski definition) is 3. The maximum atomic E-state index is 14.5. The molecule has 1 saturated heterocycles. The van der Waals surface area contributed by atoms with Crippen molar-refractivity contribution >= 4 is 29.1 Å². The van der Waals surface area contributed by atoms with Gasteiger partial charge in [0, 0.05) is 12.1 Å². The fraction of sp³-hybridized carbons (Fsp3) is 0.412. The molecule has 1 aromatic carbocycles.